The molecule has 2 aliphatic rings. The van der Waals surface area contributed by atoms with Gasteiger partial charge in [0.2, 0.25) is 5.91 Å². The number of carbonyl (C=O) groups is 3. The van der Waals surface area contributed by atoms with Crippen LogP contribution in [0.2, 0.25) is 0 Å². The number of alkyl carbamates (subject to hydrolysis) is 1. The van der Waals surface area contributed by atoms with Gasteiger partial charge in [-0.25, -0.2) is 4.79 Å². The fraction of sp³-hybridized carbons (Fsp3) is 0.444. The van der Waals surface area contributed by atoms with E-state index in [9.17, 15) is 19.5 Å². The van der Waals surface area contributed by atoms with Crippen LogP contribution in [-0.4, -0.2) is 42.8 Å². The molecule has 4 rings (SSSR count). The molecule has 2 aromatic carbocycles. The van der Waals surface area contributed by atoms with Gasteiger partial charge >= 0.3 is 12.1 Å². The molecule has 2 aromatic rings. The molecule has 0 aromatic heterocycles. The number of hydrogen-bond donors (Lipinski definition) is 3. The average Bonchev–Trinajstić information content (AvgIpc) is 3.60. The first kappa shape index (κ1) is 23.8. The highest BCUT2D eigenvalue weighted by molar-refractivity contribution is 5.80. The van der Waals surface area contributed by atoms with E-state index in [0.29, 0.717) is 25.3 Å². The Balaban J connectivity index is 1.19. The van der Waals surface area contributed by atoms with Crippen molar-refractivity contribution in [1.29, 1.82) is 0 Å². The van der Waals surface area contributed by atoms with E-state index in [1.54, 1.807) is 6.92 Å². The van der Waals surface area contributed by atoms with E-state index >= 15 is 0 Å². The summed E-state index contributed by atoms with van der Waals surface area (Å²) in [6, 6.07) is 16.3. The molecule has 0 spiro atoms. The topological polar surface area (TPSA) is 105 Å². The number of carboxylic acids is 1. The molecule has 2 atom stereocenters. The largest absolute Gasteiger partial charge is 0.481 e. The molecule has 180 valence electrons. The Morgan fingerprint density at radius 2 is 1.62 bits per heavy atom. The van der Waals surface area contributed by atoms with Crippen LogP contribution in [0.3, 0.4) is 0 Å². The van der Waals surface area contributed by atoms with E-state index in [4.69, 9.17) is 4.74 Å². The summed E-state index contributed by atoms with van der Waals surface area (Å²) in [6.45, 7) is 2.46. The second-order valence-electron chi connectivity index (χ2n) is 9.40. The number of carboxylic acid groups (broad SMARTS) is 1. The van der Waals surface area contributed by atoms with Crippen LogP contribution in [0.1, 0.15) is 49.7 Å². The van der Waals surface area contributed by atoms with Crippen LogP contribution < -0.4 is 10.6 Å². The molecule has 0 radical (unpaired) electrons. The Morgan fingerprint density at radius 3 is 2.21 bits per heavy atom. The quantitative estimate of drug-likeness (QED) is 0.463. The predicted molar refractivity (Wildman–Crippen MR) is 128 cm³/mol. The molecule has 34 heavy (non-hydrogen) atoms. The van der Waals surface area contributed by atoms with Crippen molar-refractivity contribution in [2.45, 2.75) is 38.5 Å². The van der Waals surface area contributed by atoms with Crippen LogP contribution >= 0.6 is 0 Å². The van der Waals surface area contributed by atoms with Crippen molar-refractivity contribution < 1.29 is 24.2 Å². The van der Waals surface area contributed by atoms with Gasteiger partial charge in [0.25, 0.3) is 0 Å². The van der Waals surface area contributed by atoms with Crippen LogP contribution in [0.25, 0.3) is 11.1 Å². The molecule has 7 nitrogen and oxygen atoms in total. The summed E-state index contributed by atoms with van der Waals surface area (Å²) in [5.74, 6) is -1.46. The van der Waals surface area contributed by atoms with Crippen molar-refractivity contribution >= 4 is 18.0 Å². The SMILES string of the molecule is CC(CCNC(=O)OCC1c2ccccc2-c2ccccc21)C(=O)NCC(CC1CC1)C(=O)O. The first-order valence-electron chi connectivity index (χ1n) is 12.0. The van der Waals surface area contributed by atoms with E-state index < -0.39 is 18.0 Å². The number of benzene rings is 2. The number of fused-ring (bicyclic) bond motifs is 3. The predicted octanol–water partition coefficient (Wildman–Crippen LogP) is 4.17. The molecule has 2 aliphatic carbocycles. The number of rotatable bonds is 11. The fourth-order valence-corrected chi connectivity index (χ4v) is 4.60. The number of amides is 2. The van der Waals surface area contributed by atoms with Gasteiger partial charge < -0.3 is 20.5 Å². The highest BCUT2D eigenvalue weighted by Crippen LogP contribution is 2.44. The van der Waals surface area contributed by atoms with E-state index in [1.165, 1.54) is 11.1 Å². The molecular weight excluding hydrogens is 432 g/mol. The van der Waals surface area contributed by atoms with Crippen molar-refractivity contribution in [1.82, 2.24) is 10.6 Å². The lowest BCUT2D eigenvalue weighted by atomic mass is 9.98. The average molecular weight is 465 g/mol. The van der Waals surface area contributed by atoms with Crippen molar-refractivity contribution in [3.05, 3.63) is 59.7 Å². The Kier molecular flexibility index (Phi) is 7.50. The molecule has 0 heterocycles. The van der Waals surface area contributed by atoms with Gasteiger partial charge in [-0.2, -0.15) is 0 Å². The zero-order valence-electron chi connectivity index (χ0n) is 19.5. The first-order valence-corrected chi connectivity index (χ1v) is 12.0. The zero-order chi connectivity index (χ0) is 24.1. The second kappa shape index (κ2) is 10.7. The van der Waals surface area contributed by atoms with Gasteiger partial charge in [-0.15, -0.1) is 0 Å². The van der Waals surface area contributed by atoms with Gasteiger partial charge in [0.1, 0.15) is 6.61 Å². The van der Waals surface area contributed by atoms with Crippen molar-refractivity contribution in [2.75, 3.05) is 19.7 Å². The van der Waals surface area contributed by atoms with E-state index in [0.717, 1.165) is 24.0 Å². The molecule has 7 heteroatoms. The Morgan fingerprint density at radius 1 is 1.00 bits per heavy atom. The van der Waals surface area contributed by atoms with E-state index in [2.05, 4.69) is 34.9 Å². The molecular formula is C27H32N2O5. The maximum Gasteiger partial charge on any atom is 0.407 e. The van der Waals surface area contributed by atoms with Gasteiger partial charge in [0.05, 0.1) is 5.92 Å². The highest BCUT2D eigenvalue weighted by atomic mass is 16.5. The minimum absolute atomic E-state index is 0.000622. The van der Waals surface area contributed by atoms with Crippen molar-refractivity contribution in [3.8, 4) is 11.1 Å². The van der Waals surface area contributed by atoms with E-state index in [-0.39, 0.29) is 30.9 Å². The summed E-state index contributed by atoms with van der Waals surface area (Å²) in [5, 5.41) is 14.8. The molecule has 0 bridgehead atoms. The highest BCUT2D eigenvalue weighted by Gasteiger charge is 2.30. The minimum Gasteiger partial charge on any atom is -0.481 e. The van der Waals surface area contributed by atoms with Crippen LogP contribution in [0, 0.1) is 17.8 Å². The third kappa shape index (κ3) is 5.76. The van der Waals surface area contributed by atoms with Crippen LogP contribution in [-0.2, 0) is 14.3 Å². The zero-order valence-corrected chi connectivity index (χ0v) is 19.5. The minimum atomic E-state index is -0.864. The van der Waals surface area contributed by atoms with Gasteiger partial charge in [-0.05, 0) is 41.0 Å². The molecule has 0 saturated heterocycles. The van der Waals surface area contributed by atoms with Crippen LogP contribution in [0.4, 0.5) is 4.79 Å². The van der Waals surface area contributed by atoms with Gasteiger partial charge in [0, 0.05) is 24.9 Å². The lowest BCUT2D eigenvalue weighted by Crippen LogP contribution is -2.37. The maximum absolute atomic E-state index is 12.3. The third-order valence-corrected chi connectivity index (χ3v) is 6.82. The molecule has 2 amide bonds. The summed E-state index contributed by atoms with van der Waals surface area (Å²) in [4.78, 5) is 36.0. The summed E-state index contributed by atoms with van der Waals surface area (Å²) < 4.78 is 5.51. The summed E-state index contributed by atoms with van der Waals surface area (Å²) in [7, 11) is 0. The smallest absolute Gasteiger partial charge is 0.407 e. The molecule has 3 N–H and O–H groups in total. The Bertz CT molecular complexity index is 1000. The number of nitrogens with one attached hydrogen (secondary N) is 2. The number of hydrogen-bond acceptors (Lipinski definition) is 4. The normalized spacial score (nSPS) is 16.1. The molecule has 1 saturated carbocycles. The lowest BCUT2D eigenvalue weighted by molar-refractivity contribution is -0.142. The Hall–Kier alpha value is -3.35. The van der Waals surface area contributed by atoms with E-state index in [1.807, 2.05) is 24.3 Å². The maximum atomic E-state index is 12.3. The van der Waals surface area contributed by atoms with Gasteiger partial charge in [-0.3, -0.25) is 9.59 Å². The van der Waals surface area contributed by atoms with Gasteiger partial charge in [-0.1, -0.05) is 68.3 Å². The molecule has 1 fully saturated rings. The fourth-order valence-electron chi connectivity index (χ4n) is 4.60. The first-order chi connectivity index (χ1) is 16.4. The summed E-state index contributed by atoms with van der Waals surface area (Å²) >= 11 is 0. The van der Waals surface area contributed by atoms with Crippen molar-refractivity contribution in [3.63, 3.8) is 0 Å². The monoisotopic (exact) mass is 464 g/mol. The summed E-state index contributed by atoms with van der Waals surface area (Å²) in [5.41, 5.74) is 4.66. The number of ether oxygens (including phenoxy) is 1. The number of carbonyl (C=O) groups excluding carboxylic acids is 2. The standard InChI is InChI=1S/C27H32N2O5/c1-17(25(30)29-15-19(26(31)32)14-18-10-11-18)12-13-28-27(33)34-16-24-22-8-4-2-6-20(22)21-7-3-5-9-23(21)24/h2-9,17-19,24H,10-16H2,1H3,(H,28,33)(H,29,30)(H,31,32). The second-order valence-corrected chi connectivity index (χ2v) is 9.40. The van der Waals surface area contributed by atoms with Crippen LogP contribution in [0.5, 0.6) is 0 Å². The Labute approximate surface area is 199 Å². The third-order valence-electron chi connectivity index (χ3n) is 6.82. The summed E-state index contributed by atoms with van der Waals surface area (Å²) in [6.07, 6.45) is 2.71. The molecule has 2 unspecified atom stereocenters. The lowest BCUT2D eigenvalue weighted by Gasteiger charge is -2.17. The van der Waals surface area contributed by atoms with Crippen LogP contribution in [0.15, 0.2) is 48.5 Å². The number of aliphatic carboxylic acids is 1. The molecule has 0 aliphatic heterocycles. The van der Waals surface area contributed by atoms with Crippen molar-refractivity contribution in [2.24, 2.45) is 17.8 Å². The van der Waals surface area contributed by atoms with Gasteiger partial charge in [0.15, 0.2) is 0 Å².